The van der Waals surface area contributed by atoms with Crippen molar-refractivity contribution in [2.24, 2.45) is 0 Å². The molecule has 1 aromatic heterocycles. The van der Waals surface area contributed by atoms with Crippen LogP contribution in [0, 0.1) is 0 Å². The number of rotatable bonds is 2. The van der Waals surface area contributed by atoms with E-state index in [4.69, 9.17) is 0 Å². The van der Waals surface area contributed by atoms with Gasteiger partial charge in [-0.25, -0.2) is 4.98 Å². The molecule has 0 fully saturated rings. The highest BCUT2D eigenvalue weighted by molar-refractivity contribution is 7.09. The molecule has 10 heavy (non-hydrogen) atoms. The molecule has 3 nitrogen and oxygen atoms in total. The van der Waals surface area contributed by atoms with Gasteiger partial charge in [0, 0.05) is 18.6 Å². The third-order valence-electron chi connectivity index (χ3n) is 1.07. The van der Waals surface area contributed by atoms with Crippen LogP contribution in [0.3, 0.4) is 0 Å². The Morgan fingerprint density at radius 2 is 2.70 bits per heavy atom. The van der Waals surface area contributed by atoms with Crippen molar-refractivity contribution in [3.05, 3.63) is 16.6 Å². The standard InChI is InChI=1S/C6H8N2OS/c1-7-5(9)4-6-8-2-3-10-6/h2-3H,4H2,1H3,(H,7,9). The summed E-state index contributed by atoms with van der Waals surface area (Å²) in [5.41, 5.74) is 0. The second-order valence-electron chi connectivity index (χ2n) is 1.78. The number of likely N-dealkylation sites (N-methyl/N-ethyl adjacent to an activating group) is 1. The fourth-order valence-electron chi connectivity index (χ4n) is 0.566. The lowest BCUT2D eigenvalue weighted by molar-refractivity contribution is -0.119. The molecular weight excluding hydrogens is 148 g/mol. The third-order valence-corrected chi connectivity index (χ3v) is 1.85. The van der Waals surface area contributed by atoms with Gasteiger partial charge in [0.2, 0.25) is 5.91 Å². The fourth-order valence-corrected chi connectivity index (χ4v) is 1.18. The molecule has 1 amide bonds. The van der Waals surface area contributed by atoms with Gasteiger partial charge >= 0.3 is 0 Å². The van der Waals surface area contributed by atoms with Gasteiger partial charge < -0.3 is 5.32 Å². The van der Waals surface area contributed by atoms with Crippen molar-refractivity contribution in [3.63, 3.8) is 0 Å². The van der Waals surface area contributed by atoms with Gasteiger partial charge in [-0.05, 0) is 0 Å². The lowest BCUT2D eigenvalue weighted by Gasteiger charge is -1.92. The van der Waals surface area contributed by atoms with E-state index < -0.39 is 0 Å². The van der Waals surface area contributed by atoms with Gasteiger partial charge in [0.25, 0.3) is 0 Å². The monoisotopic (exact) mass is 156 g/mol. The van der Waals surface area contributed by atoms with Crippen molar-refractivity contribution < 1.29 is 4.79 Å². The van der Waals surface area contributed by atoms with Crippen molar-refractivity contribution in [3.8, 4) is 0 Å². The number of nitrogens with zero attached hydrogens (tertiary/aromatic N) is 1. The van der Waals surface area contributed by atoms with E-state index in [-0.39, 0.29) is 5.91 Å². The smallest absolute Gasteiger partial charge is 0.226 e. The first kappa shape index (κ1) is 7.21. The molecule has 0 aliphatic carbocycles. The number of hydrogen-bond acceptors (Lipinski definition) is 3. The summed E-state index contributed by atoms with van der Waals surface area (Å²) < 4.78 is 0. The Hall–Kier alpha value is -0.900. The van der Waals surface area contributed by atoms with Crippen LogP contribution in [-0.4, -0.2) is 17.9 Å². The maximum atomic E-state index is 10.7. The molecule has 0 atom stereocenters. The van der Waals surface area contributed by atoms with E-state index in [2.05, 4.69) is 10.3 Å². The van der Waals surface area contributed by atoms with Crippen molar-refractivity contribution in [2.75, 3.05) is 7.05 Å². The second-order valence-corrected chi connectivity index (χ2v) is 2.75. The number of hydrogen-bond donors (Lipinski definition) is 1. The van der Waals surface area contributed by atoms with Gasteiger partial charge in [-0.1, -0.05) is 0 Å². The molecule has 0 aliphatic rings. The number of aromatic nitrogens is 1. The Morgan fingerprint density at radius 3 is 3.20 bits per heavy atom. The highest BCUT2D eigenvalue weighted by Gasteiger charge is 2.00. The highest BCUT2D eigenvalue weighted by atomic mass is 32.1. The van der Waals surface area contributed by atoms with E-state index in [1.54, 1.807) is 13.2 Å². The van der Waals surface area contributed by atoms with Crippen molar-refractivity contribution in [1.29, 1.82) is 0 Å². The predicted molar refractivity (Wildman–Crippen MR) is 39.9 cm³/mol. The predicted octanol–water partition coefficient (Wildman–Crippen LogP) is 0.432. The van der Waals surface area contributed by atoms with E-state index in [9.17, 15) is 4.79 Å². The molecule has 1 aromatic rings. The summed E-state index contributed by atoms with van der Waals surface area (Å²) in [5.74, 6) is 0.00921. The van der Waals surface area contributed by atoms with Crippen LogP contribution < -0.4 is 5.32 Å². The maximum Gasteiger partial charge on any atom is 0.226 e. The molecule has 1 rings (SSSR count). The first-order valence-electron chi connectivity index (χ1n) is 2.92. The van der Waals surface area contributed by atoms with Crippen LogP contribution in [0.1, 0.15) is 5.01 Å². The molecule has 4 heteroatoms. The summed E-state index contributed by atoms with van der Waals surface area (Å²) >= 11 is 1.49. The summed E-state index contributed by atoms with van der Waals surface area (Å²) in [6, 6.07) is 0. The number of carbonyl (C=O) groups excluding carboxylic acids is 1. The summed E-state index contributed by atoms with van der Waals surface area (Å²) in [4.78, 5) is 14.7. The van der Waals surface area contributed by atoms with Gasteiger partial charge in [-0.2, -0.15) is 0 Å². The first-order chi connectivity index (χ1) is 4.83. The molecule has 0 radical (unpaired) electrons. The topological polar surface area (TPSA) is 42.0 Å². The Bertz CT molecular complexity index is 208. The minimum Gasteiger partial charge on any atom is -0.359 e. The van der Waals surface area contributed by atoms with Gasteiger partial charge in [-0.3, -0.25) is 4.79 Å². The number of thiazole rings is 1. The van der Waals surface area contributed by atoms with Crippen LogP contribution in [0.2, 0.25) is 0 Å². The van der Waals surface area contributed by atoms with Gasteiger partial charge in [0.15, 0.2) is 0 Å². The largest absolute Gasteiger partial charge is 0.359 e. The Balaban J connectivity index is 2.48. The molecule has 0 aromatic carbocycles. The molecule has 0 bridgehead atoms. The zero-order valence-corrected chi connectivity index (χ0v) is 6.44. The van der Waals surface area contributed by atoms with E-state index >= 15 is 0 Å². The summed E-state index contributed by atoms with van der Waals surface area (Å²) in [7, 11) is 1.62. The van der Waals surface area contributed by atoms with Gasteiger partial charge in [0.1, 0.15) is 5.01 Å². The van der Waals surface area contributed by atoms with E-state index in [0.29, 0.717) is 6.42 Å². The average Bonchev–Trinajstić information content (AvgIpc) is 2.40. The lowest BCUT2D eigenvalue weighted by Crippen LogP contribution is -2.19. The Kier molecular flexibility index (Phi) is 2.39. The highest BCUT2D eigenvalue weighted by Crippen LogP contribution is 2.03. The summed E-state index contributed by atoms with van der Waals surface area (Å²) in [6.45, 7) is 0. The Labute approximate surface area is 63.1 Å². The molecule has 0 unspecified atom stereocenters. The molecular formula is C6H8N2OS. The quantitative estimate of drug-likeness (QED) is 0.674. The zero-order chi connectivity index (χ0) is 7.40. The van der Waals surface area contributed by atoms with Crippen LogP contribution in [0.25, 0.3) is 0 Å². The molecule has 0 aliphatic heterocycles. The molecule has 1 N–H and O–H groups in total. The van der Waals surface area contributed by atoms with Crippen LogP contribution in [-0.2, 0) is 11.2 Å². The SMILES string of the molecule is CNC(=O)Cc1nccs1. The normalized spacial score (nSPS) is 9.30. The second kappa shape index (κ2) is 3.31. The lowest BCUT2D eigenvalue weighted by atomic mass is 10.4. The van der Waals surface area contributed by atoms with Gasteiger partial charge in [-0.15, -0.1) is 11.3 Å². The zero-order valence-electron chi connectivity index (χ0n) is 5.63. The van der Waals surface area contributed by atoms with Crippen molar-refractivity contribution >= 4 is 17.2 Å². The van der Waals surface area contributed by atoms with Crippen LogP contribution >= 0.6 is 11.3 Å². The fraction of sp³-hybridized carbons (Fsp3) is 0.333. The summed E-state index contributed by atoms with van der Waals surface area (Å²) in [5, 5.41) is 5.25. The van der Waals surface area contributed by atoms with Crippen LogP contribution in [0.15, 0.2) is 11.6 Å². The minimum atomic E-state index is 0.00921. The first-order valence-corrected chi connectivity index (χ1v) is 3.80. The van der Waals surface area contributed by atoms with Crippen LogP contribution in [0.5, 0.6) is 0 Å². The third kappa shape index (κ3) is 1.80. The van der Waals surface area contributed by atoms with Crippen molar-refractivity contribution in [2.45, 2.75) is 6.42 Å². The minimum absolute atomic E-state index is 0.00921. The van der Waals surface area contributed by atoms with Gasteiger partial charge in [0.05, 0.1) is 6.42 Å². The number of amides is 1. The van der Waals surface area contributed by atoms with E-state index in [0.717, 1.165) is 5.01 Å². The molecule has 0 saturated carbocycles. The molecule has 54 valence electrons. The average molecular weight is 156 g/mol. The van der Waals surface area contributed by atoms with E-state index in [1.165, 1.54) is 11.3 Å². The maximum absolute atomic E-state index is 10.7. The van der Waals surface area contributed by atoms with Crippen molar-refractivity contribution in [1.82, 2.24) is 10.3 Å². The molecule has 0 saturated heterocycles. The number of nitrogens with one attached hydrogen (secondary N) is 1. The summed E-state index contributed by atoms with van der Waals surface area (Å²) in [6.07, 6.45) is 2.09. The number of carbonyl (C=O) groups is 1. The Morgan fingerprint density at radius 1 is 1.90 bits per heavy atom. The molecule has 1 heterocycles. The molecule has 0 spiro atoms. The van der Waals surface area contributed by atoms with Crippen LogP contribution in [0.4, 0.5) is 0 Å². The van der Waals surface area contributed by atoms with E-state index in [1.807, 2.05) is 5.38 Å².